The van der Waals surface area contributed by atoms with Gasteiger partial charge in [-0.2, -0.15) is 0 Å². The summed E-state index contributed by atoms with van der Waals surface area (Å²) in [4.78, 5) is 30.3. The summed E-state index contributed by atoms with van der Waals surface area (Å²) in [5.41, 5.74) is 0.930. The Morgan fingerprint density at radius 2 is 1.61 bits per heavy atom. The molecule has 1 unspecified atom stereocenters. The topological polar surface area (TPSA) is 49.9 Å². The van der Waals surface area contributed by atoms with Gasteiger partial charge in [-0.25, -0.2) is 9.69 Å². The number of rotatable bonds is 6. The number of imide groups is 1. The third-order valence-corrected chi connectivity index (χ3v) is 6.73. The summed E-state index contributed by atoms with van der Waals surface area (Å²) < 4.78 is 6.42. The van der Waals surface area contributed by atoms with Crippen molar-refractivity contribution >= 4 is 56.8 Å². The monoisotopic (exact) mass is 546 g/mol. The van der Waals surface area contributed by atoms with Gasteiger partial charge in [-0.3, -0.25) is 4.79 Å². The number of methoxy groups -OCH3 is 1. The highest BCUT2D eigenvalue weighted by molar-refractivity contribution is 9.10. The van der Waals surface area contributed by atoms with Crippen LogP contribution in [-0.4, -0.2) is 29.5 Å². The third-order valence-electron chi connectivity index (χ3n) is 5.77. The molecule has 1 saturated heterocycles. The predicted molar refractivity (Wildman–Crippen MR) is 134 cm³/mol. The fourth-order valence-electron chi connectivity index (χ4n) is 4.09. The summed E-state index contributed by atoms with van der Waals surface area (Å²) in [5.74, 6) is 0.302. The number of halogens is 3. The summed E-state index contributed by atoms with van der Waals surface area (Å²) in [6.07, 6.45) is 0.338. The van der Waals surface area contributed by atoms with Gasteiger partial charge in [0.25, 0.3) is 5.91 Å². The number of para-hydroxylation sites is 1. The average molecular weight is 548 g/mol. The number of carbonyl (C=O) groups excluding carboxylic acids is 2. The van der Waals surface area contributed by atoms with Gasteiger partial charge in [0.1, 0.15) is 11.3 Å². The van der Waals surface area contributed by atoms with Gasteiger partial charge in [0.2, 0.25) is 0 Å². The smallest absolute Gasteiger partial charge is 0.332 e. The average Bonchev–Trinajstić information content (AvgIpc) is 2.95. The molecule has 3 aromatic carbocycles. The molecule has 33 heavy (non-hydrogen) atoms. The van der Waals surface area contributed by atoms with Crippen LogP contribution in [0, 0.1) is 0 Å². The van der Waals surface area contributed by atoms with E-state index in [1.807, 2.05) is 48.5 Å². The molecule has 1 fully saturated rings. The lowest BCUT2D eigenvalue weighted by atomic mass is 9.90. The Labute approximate surface area is 211 Å². The van der Waals surface area contributed by atoms with Crippen molar-refractivity contribution in [2.24, 2.45) is 0 Å². The van der Waals surface area contributed by atoms with E-state index in [1.54, 1.807) is 37.1 Å². The van der Waals surface area contributed by atoms with E-state index < -0.39 is 11.6 Å². The van der Waals surface area contributed by atoms with Gasteiger partial charge in [-0.05, 0) is 48.9 Å². The summed E-state index contributed by atoms with van der Waals surface area (Å²) in [6, 6.07) is 19.4. The maximum Gasteiger partial charge on any atom is 0.332 e. The standard InChI is InChI=1S/C25H21BrCl2N2O3/c1-25(14-16-7-9-18(26)10-8-16)23(31)30(21-12-19(27)11-20(28)13-21)24(32)29(25)15-17-5-3-4-6-22(17)33-2/h3-13H,14-15H2,1-2H3. The van der Waals surface area contributed by atoms with Gasteiger partial charge in [0.15, 0.2) is 0 Å². The Morgan fingerprint density at radius 3 is 2.24 bits per heavy atom. The molecule has 1 heterocycles. The SMILES string of the molecule is COc1ccccc1CN1C(=O)N(c2cc(Cl)cc(Cl)c2)C(=O)C1(C)Cc1ccc(Br)cc1. The molecule has 0 N–H and O–H groups in total. The second kappa shape index (κ2) is 9.37. The lowest BCUT2D eigenvalue weighted by Crippen LogP contribution is -2.48. The minimum absolute atomic E-state index is 0.201. The van der Waals surface area contributed by atoms with Gasteiger partial charge in [-0.15, -0.1) is 0 Å². The first kappa shape index (κ1) is 23.6. The molecule has 8 heteroatoms. The Bertz CT molecular complexity index is 1200. The molecular weight excluding hydrogens is 527 g/mol. The highest BCUT2D eigenvalue weighted by atomic mass is 79.9. The van der Waals surface area contributed by atoms with Crippen molar-refractivity contribution < 1.29 is 14.3 Å². The minimum Gasteiger partial charge on any atom is -0.496 e. The molecule has 170 valence electrons. The molecule has 1 atom stereocenters. The van der Waals surface area contributed by atoms with Crippen LogP contribution >= 0.6 is 39.1 Å². The number of carbonyl (C=O) groups is 2. The van der Waals surface area contributed by atoms with Crippen LogP contribution in [0.25, 0.3) is 0 Å². The number of nitrogens with zero attached hydrogens (tertiary/aromatic N) is 2. The lowest BCUT2D eigenvalue weighted by Gasteiger charge is -2.32. The zero-order valence-electron chi connectivity index (χ0n) is 18.0. The molecule has 0 bridgehead atoms. The molecule has 1 aliphatic heterocycles. The summed E-state index contributed by atoms with van der Waals surface area (Å²) in [5, 5.41) is 0.687. The highest BCUT2D eigenvalue weighted by Crippen LogP contribution is 2.38. The Kier molecular flexibility index (Phi) is 6.71. The van der Waals surface area contributed by atoms with Crippen molar-refractivity contribution in [3.63, 3.8) is 0 Å². The second-order valence-corrected chi connectivity index (χ2v) is 9.81. The summed E-state index contributed by atoms with van der Waals surface area (Å²) >= 11 is 15.8. The third kappa shape index (κ3) is 4.60. The number of urea groups is 1. The summed E-state index contributed by atoms with van der Waals surface area (Å²) in [7, 11) is 1.58. The zero-order chi connectivity index (χ0) is 23.8. The quantitative estimate of drug-likeness (QED) is 0.321. The Hall–Kier alpha value is -2.54. The van der Waals surface area contributed by atoms with E-state index >= 15 is 0 Å². The number of hydrogen-bond acceptors (Lipinski definition) is 3. The van der Waals surface area contributed by atoms with Crippen molar-refractivity contribution in [1.29, 1.82) is 0 Å². The van der Waals surface area contributed by atoms with E-state index in [4.69, 9.17) is 27.9 Å². The van der Waals surface area contributed by atoms with Crippen LogP contribution < -0.4 is 9.64 Å². The van der Waals surface area contributed by atoms with Gasteiger partial charge in [-0.1, -0.05) is 69.5 Å². The maximum atomic E-state index is 13.8. The molecule has 0 aliphatic carbocycles. The zero-order valence-corrected chi connectivity index (χ0v) is 21.1. The van der Waals surface area contributed by atoms with Crippen molar-refractivity contribution in [1.82, 2.24) is 4.90 Å². The number of benzene rings is 3. The van der Waals surface area contributed by atoms with Gasteiger partial charge >= 0.3 is 6.03 Å². The van der Waals surface area contributed by atoms with Crippen LogP contribution in [0.15, 0.2) is 71.2 Å². The lowest BCUT2D eigenvalue weighted by molar-refractivity contribution is -0.124. The fraction of sp³-hybridized carbons (Fsp3) is 0.200. The molecule has 0 saturated carbocycles. The van der Waals surface area contributed by atoms with Crippen molar-refractivity contribution in [2.75, 3.05) is 12.0 Å². The van der Waals surface area contributed by atoms with E-state index in [0.717, 1.165) is 20.5 Å². The summed E-state index contributed by atoms with van der Waals surface area (Å²) in [6.45, 7) is 1.99. The number of hydrogen-bond donors (Lipinski definition) is 0. The highest BCUT2D eigenvalue weighted by Gasteiger charge is 2.54. The second-order valence-electron chi connectivity index (χ2n) is 8.03. The first-order valence-electron chi connectivity index (χ1n) is 10.2. The minimum atomic E-state index is -1.14. The molecule has 1 aliphatic rings. The van der Waals surface area contributed by atoms with Crippen LogP contribution in [0.2, 0.25) is 10.0 Å². The molecule has 0 spiro atoms. The van der Waals surface area contributed by atoms with Gasteiger partial charge in [0.05, 0.1) is 19.3 Å². The van der Waals surface area contributed by atoms with E-state index in [1.165, 1.54) is 0 Å². The fourth-order valence-corrected chi connectivity index (χ4v) is 4.87. The number of ether oxygens (including phenoxy) is 1. The Morgan fingerprint density at radius 1 is 0.970 bits per heavy atom. The molecule has 4 rings (SSSR count). The largest absolute Gasteiger partial charge is 0.496 e. The van der Waals surface area contributed by atoms with Gasteiger partial charge in [0, 0.05) is 26.5 Å². The molecule has 0 aromatic heterocycles. The maximum absolute atomic E-state index is 13.8. The first-order valence-corrected chi connectivity index (χ1v) is 11.8. The molecule has 5 nitrogen and oxygen atoms in total. The van der Waals surface area contributed by atoms with E-state index in [9.17, 15) is 9.59 Å². The first-order chi connectivity index (χ1) is 15.7. The van der Waals surface area contributed by atoms with Crippen LogP contribution in [0.4, 0.5) is 10.5 Å². The number of anilines is 1. The van der Waals surface area contributed by atoms with E-state index in [-0.39, 0.29) is 12.5 Å². The van der Waals surface area contributed by atoms with Crippen LogP contribution in [-0.2, 0) is 17.8 Å². The predicted octanol–water partition coefficient (Wildman–Crippen LogP) is 6.73. The normalized spacial score (nSPS) is 18.2. The van der Waals surface area contributed by atoms with E-state index in [0.29, 0.717) is 27.9 Å². The van der Waals surface area contributed by atoms with Crippen LogP contribution in [0.1, 0.15) is 18.1 Å². The number of amides is 3. The molecule has 3 aromatic rings. The van der Waals surface area contributed by atoms with Crippen molar-refractivity contribution in [2.45, 2.75) is 25.4 Å². The van der Waals surface area contributed by atoms with E-state index in [2.05, 4.69) is 15.9 Å². The van der Waals surface area contributed by atoms with Crippen molar-refractivity contribution in [3.8, 4) is 5.75 Å². The molecule has 0 radical (unpaired) electrons. The van der Waals surface area contributed by atoms with Crippen LogP contribution in [0.5, 0.6) is 5.75 Å². The van der Waals surface area contributed by atoms with Crippen molar-refractivity contribution in [3.05, 3.63) is 92.4 Å². The van der Waals surface area contributed by atoms with Crippen LogP contribution in [0.3, 0.4) is 0 Å². The Balaban J connectivity index is 1.79. The molecule has 3 amide bonds. The molecular formula is C25H21BrCl2N2O3. The van der Waals surface area contributed by atoms with Gasteiger partial charge < -0.3 is 9.64 Å².